The van der Waals surface area contributed by atoms with Gasteiger partial charge in [0.1, 0.15) is 5.75 Å². The van der Waals surface area contributed by atoms with Gasteiger partial charge in [-0.15, -0.1) is 0 Å². The zero-order chi connectivity index (χ0) is 17.9. The lowest BCUT2D eigenvalue weighted by molar-refractivity contribution is -0.129. The van der Waals surface area contributed by atoms with E-state index in [0.717, 1.165) is 22.9 Å². The van der Waals surface area contributed by atoms with Gasteiger partial charge in [0.15, 0.2) is 9.84 Å². The van der Waals surface area contributed by atoms with Crippen molar-refractivity contribution < 1.29 is 13.2 Å². The van der Waals surface area contributed by atoms with Crippen molar-refractivity contribution in [3.8, 4) is 0 Å². The van der Waals surface area contributed by atoms with Crippen LogP contribution in [0.5, 0.6) is 0 Å². The highest BCUT2D eigenvalue weighted by Gasteiger charge is 2.34. The maximum absolute atomic E-state index is 12.6. The Morgan fingerprint density at radius 3 is 2.36 bits per heavy atom. The number of carbonyl (C=O) groups is 1. The molecule has 25 heavy (non-hydrogen) atoms. The second-order valence-electron chi connectivity index (χ2n) is 6.40. The first-order valence-corrected chi connectivity index (χ1v) is 10.8. The predicted molar refractivity (Wildman–Crippen MR) is 102 cm³/mol. The highest BCUT2D eigenvalue weighted by atomic mass is 79.9. The van der Waals surface area contributed by atoms with Crippen LogP contribution in [0.25, 0.3) is 0 Å². The van der Waals surface area contributed by atoms with Crippen molar-refractivity contribution >= 4 is 31.7 Å². The molecule has 1 aliphatic carbocycles. The number of carbonyl (C=O) groups excluding carboxylic acids is 1. The van der Waals surface area contributed by atoms with Crippen molar-refractivity contribution in [1.29, 1.82) is 0 Å². The fourth-order valence-corrected chi connectivity index (χ4v) is 4.57. The minimum Gasteiger partial charge on any atom is -0.335 e. The molecular weight excluding hydrogens is 402 g/mol. The van der Waals surface area contributed by atoms with E-state index in [0.29, 0.717) is 12.1 Å². The first kappa shape index (κ1) is 18.1. The van der Waals surface area contributed by atoms with Crippen LogP contribution in [0.2, 0.25) is 0 Å². The molecule has 3 rings (SSSR count). The van der Waals surface area contributed by atoms with E-state index < -0.39 is 15.6 Å². The van der Waals surface area contributed by atoms with Gasteiger partial charge in [-0.3, -0.25) is 4.79 Å². The maximum atomic E-state index is 12.6. The standard InChI is InChI=1S/C19H20BrNO3S/c20-17-8-4-7-16(11-17)13-25(23,24)14-19(22)21(18-9-10-18)12-15-5-2-1-3-6-15/h1-8,11,18H,9-10,12-14H2. The van der Waals surface area contributed by atoms with Crippen LogP contribution in [0.4, 0.5) is 0 Å². The summed E-state index contributed by atoms with van der Waals surface area (Å²) in [6, 6.07) is 17.0. The molecule has 0 radical (unpaired) electrons. The highest BCUT2D eigenvalue weighted by Crippen LogP contribution is 2.29. The molecule has 1 saturated carbocycles. The van der Waals surface area contributed by atoms with E-state index in [1.54, 1.807) is 23.1 Å². The van der Waals surface area contributed by atoms with Crippen LogP contribution in [0.1, 0.15) is 24.0 Å². The Morgan fingerprint density at radius 2 is 1.72 bits per heavy atom. The van der Waals surface area contributed by atoms with Crippen molar-refractivity contribution in [3.05, 3.63) is 70.2 Å². The molecule has 0 unspecified atom stereocenters. The van der Waals surface area contributed by atoms with Crippen LogP contribution in [0, 0.1) is 0 Å². The normalized spacial score (nSPS) is 14.3. The Morgan fingerprint density at radius 1 is 1.04 bits per heavy atom. The minimum absolute atomic E-state index is 0.123. The van der Waals surface area contributed by atoms with Crippen LogP contribution in [-0.2, 0) is 26.9 Å². The van der Waals surface area contributed by atoms with E-state index in [1.807, 2.05) is 36.4 Å². The summed E-state index contributed by atoms with van der Waals surface area (Å²) in [5.74, 6) is -0.869. The fraction of sp³-hybridized carbons (Fsp3) is 0.316. The summed E-state index contributed by atoms with van der Waals surface area (Å²) < 4.78 is 25.7. The van der Waals surface area contributed by atoms with Gasteiger partial charge in [-0.2, -0.15) is 0 Å². The van der Waals surface area contributed by atoms with Gasteiger partial charge in [0.2, 0.25) is 5.91 Å². The summed E-state index contributed by atoms with van der Waals surface area (Å²) >= 11 is 3.34. The van der Waals surface area contributed by atoms with E-state index in [-0.39, 0.29) is 17.7 Å². The molecule has 2 aromatic carbocycles. The summed E-state index contributed by atoms with van der Waals surface area (Å²) in [6.45, 7) is 0.469. The highest BCUT2D eigenvalue weighted by molar-refractivity contribution is 9.10. The quantitative estimate of drug-likeness (QED) is 0.686. The van der Waals surface area contributed by atoms with E-state index in [1.165, 1.54) is 0 Å². The Bertz CT molecular complexity index is 848. The molecule has 4 nitrogen and oxygen atoms in total. The van der Waals surface area contributed by atoms with Crippen LogP contribution in [0.3, 0.4) is 0 Å². The van der Waals surface area contributed by atoms with E-state index in [9.17, 15) is 13.2 Å². The maximum Gasteiger partial charge on any atom is 0.238 e. The minimum atomic E-state index is -3.51. The van der Waals surface area contributed by atoms with E-state index >= 15 is 0 Å². The van der Waals surface area contributed by atoms with E-state index in [4.69, 9.17) is 0 Å². The molecule has 0 N–H and O–H groups in total. The summed E-state index contributed by atoms with van der Waals surface area (Å²) in [7, 11) is -3.51. The lowest BCUT2D eigenvalue weighted by Gasteiger charge is -2.22. The molecule has 0 atom stereocenters. The van der Waals surface area contributed by atoms with Crippen LogP contribution in [-0.4, -0.2) is 31.0 Å². The van der Waals surface area contributed by atoms with Gasteiger partial charge in [-0.25, -0.2) is 8.42 Å². The number of sulfone groups is 1. The third kappa shape index (κ3) is 5.41. The predicted octanol–water partition coefficient (Wildman–Crippen LogP) is 3.56. The molecule has 1 aliphatic rings. The largest absolute Gasteiger partial charge is 0.335 e. The number of nitrogens with zero attached hydrogens (tertiary/aromatic N) is 1. The van der Waals surface area contributed by atoms with Crippen LogP contribution >= 0.6 is 15.9 Å². The molecule has 0 heterocycles. The van der Waals surface area contributed by atoms with E-state index in [2.05, 4.69) is 15.9 Å². The van der Waals surface area contributed by atoms with Gasteiger partial charge >= 0.3 is 0 Å². The Labute approximate surface area is 156 Å². The van der Waals surface area contributed by atoms with Gasteiger partial charge in [0, 0.05) is 17.1 Å². The number of rotatable bonds is 7. The molecule has 1 amide bonds. The Balaban J connectivity index is 1.68. The second-order valence-corrected chi connectivity index (χ2v) is 9.38. The Hall–Kier alpha value is -1.66. The van der Waals surface area contributed by atoms with Gasteiger partial charge < -0.3 is 4.90 Å². The fourth-order valence-electron chi connectivity index (χ4n) is 2.79. The summed E-state index contributed by atoms with van der Waals surface area (Å²) in [4.78, 5) is 14.4. The molecule has 0 aliphatic heterocycles. The zero-order valence-corrected chi connectivity index (χ0v) is 16.2. The molecule has 2 aromatic rings. The molecule has 0 saturated heterocycles. The summed E-state index contributed by atoms with van der Waals surface area (Å²) in [5, 5.41) is 0. The van der Waals surface area contributed by atoms with Gasteiger partial charge in [0.05, 0.1) is 5.75 Å². The average molecular weight is 422 g/mol. The molecule has 0 spiro atoms. The number of hydrogen-bond acceptors (Lipinski definition) is 3. The number of amides is 1. The average Bonchev–Trinajstić information content (AvgIpc) is 3.37. The van der Waals surface area contributed by atoms with Crippen molar-refractivity contribution in [2.24, 2.45) is 0 Å². The third-order valence-corrected chi connectivity index (χ3v) is 6.08. The van der Waals surface area contributed by atoms with Crippen molar-refractivity contribution in [2.75, 3.05) is 5.75 Å². The molecule has 0 bridgehead atoms. The lowest BCUT2D eigenvalue weighted by atomic mass is 10.2. The van der Waals surface area contributed by atoms with Crippen LogP contribution < -0.4 is 0 Å². The van der Waals surface area contributed by atoms with Gasteiger partial charge in [-0.1, -0.05) is 58.4 Å². The molecule has 132 valence electrons. The zero-order valence-electron chi connectivity index (χ0n) is 13.8. The topological polar surface area (TPSA) is 54.5 Å². The molecular formula is C19H20BrNO3S. The molecule has 1 fully saturated rings. The van der Waals surface area contributed by atoms with Gasteiger partial charge in [0.25, 0.3) is 0 Å². The van der Waals surface area contributed by atoms with Crippen LogP contribution in [0.15, 0.2) is 59.1 Å². The monoisotopic (exact) mass is 421 g/mol. The van der Waals surface area contributed by atoms with Gasteiger partial charge in [-0.05, 0) is 36.1 Å². The summed E-state index contributed by atoms with van der Waals surface area (Å²) in [5.41, 5.74) is 1.70. The first-order chi connectivity index (χ1) is 11.9. The SMILES string of the molecule is O=C(CS(=O)(=O)Cc1cccc(Br)c1)N(Cc1ccccc1)C1CC1. The smallest absolute Gasteiger partial charge is 0.238 e. The molecule has 0 aromatic heterocycles. The lowest BCUT2D eigenvalue weighted by Crippen LogP contribution is -2.37. The van der Waals surface area contributed by atoms with Crippen molar-refractivity contribution in [3.63, 3.8) is 0 Å². The number of hydrogen-bond donors (Lipinski definition) is 0. The van der Waals surface area contributed by atoms with Crippen molar-refractivity contribution in [1.82, 2.24) is 4.90 Å². The summed E-state index contributed by atoms with van der Waals surface area (Å²) in [6.07, 6.45) is 1.90. The second kappa shape index (κ2) is 7.70. The number of benzene rings is 2. The first-order valence-electron chi connectivity index (χ1n) is 8.21. The third-order valence-electron chi connectivity index (χ3n) is 4.12. The number of halogens is 1. The molecule has 6 heteroatoms. The Kier molecular flexibility index (Phi) is 5.59. The van der Waals surface area contributed by atoms with Crippen molar-refractivity contribution in [2.45, 2.75) is 31.2 Å².